The smallest absolute Gasteiger partial charge is 0.140 e. The van der Waals surface area contributed by atoms with Crippen molar-refractivity contribution in [3.05, 3.63) is 35.1 Å². The predicted molar refractivity (Wildman–Crippen MR) is 57.4 cm³/mol. The fourth-order valence-corrected chi connectivity index (χ4v) is 1.53. The lowest BCUT2D eigenvalue weighted by Crippen LogP contribution is -2.18. The summed E-state index contributed by atoms with van der Waals surface area (Å²) in [5.74, 6) is -0.435. The highest BCUT2D eigenvalue weighted by Crippen LogP contribution is 2.21. The molecule has 5 heteroatoms. The van der Waals surface area contributed by atoms with Gasteiger partial charge < -0.3 is 10.2 Å². The van der Waals surface area contributed by atoms with Crippen molar-refractivity contribution in [2.45, 2.75) is 18.6 Å². The molecule has 3 nitrogen and oxygen atoms in total. The van der Waals surface area contributed by atoms with Gasteiger partial charge in [0, 0.05) is 5.88 Å². The van der Waals surface area contributed by atoms with Gasteiger partial charge in [0.15, 0.2) is 0 Å². The molecule has 1 rings (SSSR count). The highest BCUT2D eigenvalue weighted by Gasteiger charge is 2.18. The highest BCUT2D eigenvalue weighted by atomic mass is 35.5. The van der Waals surface area contributed by atoms with E-state index in [-0.39, 0.29) is 17.9 Å². The second kappa shape index (κ2) is 5.80. The average Bonchev–Trinajstić information content (AvgIpc) is 2.29. The van der Waals surface area contributed by atoms with Gasteiger partial charge in [-0.05, 0) is 24.1 Å². The van der Waals surface area contributed by atoms with Gasteiger partial charge in [-0.3, -0.25) is 0 Å². The summed E-state index contributed by atoms with van der Waals surface area (Å²) in [5, 5.41) is 27.8. The first kappa shape index (κ1) is 12.9. The van der Waals surface area contributed by atoms with Crippen molar-refractivity contribution in [1.29, 1.82) is 5.26 Å². The lowest BCUT2D eigenvalue weighted by Gasteiger charge is -2.17. The van der Waals surface area contributed by atoms with Gasteiger partial charge in [0.1, 0.15) is 18.0 Å². The quantitative estimate of drug-likeness (QED) is 0.792. The lowest BCUT2D eigenvalue weighted by atomic mass is 10.0. The summed E-state index contributed by atoms with van der Waals surface area (Å²) >= 11 is 5.43. The zero-order valence-electron chi connectivity index (χ0n) is 8.40. The molecule has 16 heavy (non-hydrogen) atoms. The number of benzene rings is 1. The summed E-state index contributed by atoms with van der Waals surface area (Å²) in [5.41, 5.74) is 0.144. The fraction of sp³-hybridized carbons (Fsp3) is 0.364. The van der Waals surface area contributed by atoms with Gasteiger partial charge in [-0.25, -0.2) is 4.39 Å². The Kier molecular flexibility index (Phi) is 4.69. The number of alkyl halides is 1. The van der Waals surface area contributed by atoms with E-state index >= 15 is 0 Å². The standard InChI is InChI=1S/C11H11ClFNO2/c12-4-3-10(15)11(16)7-1-2-9(13)8(5-7)6-14/h1-2,5,10-11,15-16H,3-4H2. The molecular formula is C11H11ClFNO2. The van der Waals surface area contributed by atoms with Crippen molar-refractivity contribution in [2.75, 3.05) is 5.88 Å². The van der Waals surface area contributed by atoms with Crippen LogP contribution in [-0.4, -0.2) is 22.2 Å². The molecule has 0 aliphatic carbocycles. The van der Waals surface area contributed by atoms with Gasteiger partial charge >= 0.3 is 0 Å². The van der Waals surface area contributed by atoms with E-state index in [9.17, 15) is 14.6 Å². The Morgan fingerprint density at radius 1 is 1.44 bits per heavy atom. The molecule has 0 radical (unpaired) electrons. The van der Waals surface area contributed by atoms with Gasteiger partial charge in [-0.1, -0.05) is 6.07 Å². The zero-order chi connectivity index (χ0) is 12.1. The van der Waals surface area contributed by atoms with Crippen LogP contribution in [0.4, 0.5) is 4.39 Å². The Morgan fingerprint density at radius 3 is 2.69 bits per heavy atom. The monoisotopic (exact) mass is 243 g/mol. The topological polar surface area (TPSA) is 64.2 Å². The van der Waals surface area contributed by atoms with Crippen LogP contribution in [0.15, 0.2) is 18.2 Å². The second-order valence-electron chi connectivity index (χ2n) is 3.34. The minimum Gasteiger partial charge on any atom is -0.390 e. The van der Waals surface area contributed by atoms with Gasteiger partial charge in [0.05, 0.1) is 11.7 Å². The number of rotatable bonds is 4. The molecule has 0 amide bonds. The summed E-state index contributed by atoms with van der Waals surface area (Å²) in [6, 6.07) is 5.31. The molecule has 0 saturated heterocycles. The van der Waals surface area contributed by atoms with Gasteiger partial charge in [0.2, 0.25) is 0 Å². The van der Waals surface area contributed by atoms with E-state index in [0.717, 1.165) is 6.07 Å². The van der Waals surface area contributed by atoms with E-state index in [2.05, 4.69) is 0 Å². The Hall–Kier alpha value is -1.15. The van der Waals surface area contributed by atoms with E-state index < -0.39 is 18.0 Å². The molecule has 0 saturated carbocycles. The minimum atomic E-state index is -1.16. The third kappa shape index (κ3) is 2.92. The van der Waals surface area contributed by atoms with Crippen molar-refractivity contribution < 1.29 is 14.6 Å². The van der Waals surface area contributed by atoms with Crippen molar-refractivity contribution in [3.63, 3.8) is 0 Å². The SMILES string of the molecule is N#Cc1cc(C(O)C(O)CCCl)ccc1F. The summed E-state index contributed by atoms with van der Waals surface area (Å²) in [6.45, 7) is 0. The molecule has 0 aliphatic heterocycles. The largest absolute Gasteiger partial charge is 0.390 e. The molecule has 0 aliphatic rings. The molecule has 1 aromatic carbocycles. The first-order chi connectivity index (χ1) is 7.60. The van der Waals surface area contributed by atoms with Gasteiger partial charge in [0.25, 0.3) is 0 Å². The number of halogens is 2. The minimum absolute atomic E-state index is 0.158. The second-order valence-corrected chi connectivity index (χ2v) is 3.72. The average molecular weight is 244 g/mol. The molecule has 0 aromatic heterocycles. The third-order valence-corrected chi connectivity index (χ3v) is 2.44. The molecule has 86 valence electrons. The van der Waals surface area contributed by atoms with E-state index in [4.69, 9.17) is 16.9 Å². The van der Waals surface area contributed by atoms with E-state index in [1.165, 1.54) is 12.1 Å². The molecule has 2 unspecified atom stereocenters. The van der Waals surface area contributed by atoms with Gasteiger partial charge in [-0.2, -0.15) is 5.26 Å². The van der Waals surface area contributed by atoms with Crippen LogP contribution >= 0.6 is 11.6 Å². The number of aliphatic hydroxyl groups is 2. The number of hydrogen-bond acceptors (Lipinski definition) is 3. The Bertz CT molecular complexity index is 405. The zero-order valence-corrected chi connectivity index (χ0v) is 9.15. The maximum Gasteiger partial charge on any atom is 0.140 e. The Labute approximate surface area is 97.7 Å². The lowest BCUT2D eigenvalue weighted by molar-refractivity contribution is 0.0169. The van der Waals surface area contributed by atoms with Crippen molar-refractivity contribution in [2.24, 2.45) is 0 Å². The van der Waals surface area contributed by atoms with Crippen LogP contribution in [0.5, 0.6) is 0 Å². The molecule has 0 fully saturated rings. The molecular weight excluding hydrogens is 233 g/mol. The first-order valence-corrected chi connectivity index (χ1v) is 5.25. The summed E-state index contributed by atoms with van der Waals surface area (Å²) in [4.78, 5) is 0. The van der Waals surface area contributed by atoms with E-state index in [0.29, 0.717) is 5.56 Å². The molecule has 0 heterocycles. The molecule has 1 aromatic rings. The Balaban J connectivity index is 2.92. The predicted octanol–water partition coefficient (Wildman–Crippen LogP) is 1.72. The van der Waals surface area contributed by atoms with Crippen LogP contribution in [0.25, 0.3) is 0 Å². The Morgan fingerprint density at radius 2 is 2.12 bits per heavy atom. The molecule has 2 atom stereocenters. The van der Waals surface area contributed by atoms with Crippen molar-refractivity contribution >= 4 is 11.6 Å². The summed E-state index contributed by atoms with van der Waals surface area (Å²) < 4.78 is 13.0. The number of nitriles is 1. The van der Waals surface area contributed by atoms with Crippen LogP contribution in [0, 0.1) is 17.1 Å². The number of nitrogens with zero attached hydrogens (tertiary/aromatic N) is 1. The highest BCUT2D eigenvalue weighted by molar-refractivity contribution is 6.17. The number of hydrogen-bond donors (Lipinski definition) is 2. The van der Waals surface area contributed by atoms with E-state index in [1.54, 1.807) is 6.07 Å². The van der Waals surface area contributed by atoms with E-state index in [1.807, 2.05) is 0 Å². The first-order valence-electron chi connectivity index (χ1n) is 4.71. The molecule has 0 spiro atoms. The van der Waals surface area contributed by atoms with Crippen LogP contribution in [0.2, 0.25) is 0 Å². The number of aliphatic hydroxyl groups excluding tert-OH is 2. The molecule has 2 N–H and O–H groups in total. The van der Waals surface area contributed by atoms with Crippen LogP contribution in [0.1, 0.15) is 23.7 Å². The van der Waals surface area contributed by atoms with Crippen LogP contribution < -0.4 is 0 Å². The maximum absolute atomic E-state index is 13.0. The van der Waals surface area contributed by atoms with Crippen molar-refractivity contribution in [1.82, 2.24) is 0 Å². The summed E-state index contributed by atoms with van der Waals surface area (Å²) in [7, 11) is 0. The maximum atomic E-state index is 13.0. The van der Waals surface area contributed by atoms with Crippen LogP contribution in [0.3, 0.4) is 0 Å². The van der Waals surface area contributed by atoms with Crippen LogP contribution in [-0.2, 0) is 0 Å². The normalized spacial score (nSPS) is 14.2. The third-order valence-electron chi connectivity index (χ3n) is 2.22. The fourth-order valence-electron chi connectivity index (χ4n) is 1.30. The summed E-state index contributed by atoms with van der Waals surface area (Å²) in [6.07, 6.45) is -1.96. The van der Waals surface area contributed by atoms with Crippen molar-refractivity contribution in [3.8, 4) is 6.07 Å². The molecule has 0 bridgehead atoms. The van der Waals surface area contributed by atoms with Gasteiger partial charge in [-0.15, -0.1) is 11.6 Å².